The minimum atomic E-state index is -0.400. The molecule has 2 aliphatic rings. The number of rotatable bonds is 7. The highest BCUT2D eigenvalue weighted by atomic mass is 16.5. The lowest BCUT2D eigenvalue weighted by Gasteiger charge is -2.11. The minimum Gasteiger partial charge on any atom is -0.339 e. The van der Waals surface area contributed by atoms with Crippen LogP contribution in [0.5, 0.6) is 0 Å². The summed E-state index contributed by atoms with van der Waals surface area (Å²) < 4.78 is 7.17. The molecule has 0 spiro atoms. The summed E-state index contributed by atoms with van der Waals surface area (Å²) in [4.78, 5) is 21.5. The van der Waals surface area contributed by atoms with Crippen LogP contribution in [0.2, 0.25) is 0 Å². The van der Waals surface area contributed by atoms with Crippen molar-refractivity contribution < 1.29 is 9.32 Å². The average Bonchev–Trinajstić information content (AvgIpc) is 3.61. The number of amides is 1. The molecule has 3 heterocycles. The quantitative estimate of drug-likeness (QED) is 0.678. The molecule has 144 valence electrons. The van der Waals surface area contributed by atoms with Crippen molar-refractivity contribution >= 4 is 5.91 Å². The molecule has 8 nitrogen and oxygen atoms in total. The lowest BCUT2D eigenvalue weighted by atomic mass is 10.2. The van der Waals surface area contributed by atoms with E-state index in [4.69, 9.17) is 4.52 Å². The third-order valence-corrected chi connectivity index (χ3v) is 5.27. The van der Waals surface area contributed by atoms with Crippen LogP contribution in [0.4, 0.5) is 0 Å². The summed E-state index contributed by atoms with van der Waals surface area (Å²) >= 11 is 0. The first-order valence-corrected chi connectivity index (χ1v) is 9.80. The van der Waals surface area contributed by atoms with Gasteiger partial charge in [0.2, 0.25) is 11.7 Å². The summed E-state index contributed by atoms with van der Waals surface area (Å²) in [7, 11) is 0. The van der Waals surface area contributed by atoms with Crippen molar-refractivity contribution in [2.45, 2.75) is 51.1 Å². The van der Waals surface area contributed by atoms with Gasteiger partial charge < -0.3 is 9.84 Å². The lowest BCUT2D eigenvalue weighted by Crippen LogP contribution is -2.29. The molecule has 2 fully saturated rings. The van der Waals surface area contributed by atoms with Gasteiger partial charge in [0, 0.05) is 36.1 Å². The maximum absolute atomic E-state index is 12.6. The molecule has 28 heavy (non-hydrogen) atoms. The average molecular weight is 378 g/mol. The maximum Gasteiger partial charge on any atom is 0.270 e. The van der Waals surface area contributed by atoms with Crippen LogP contribution < -0.4 is 5.32 Å². The summed E-state index contributed by atoms with van der Waals surface area (Å²) in [5.41, 5.74) is 2.52. The number of hydrogen-bond acceptors (Lipinski definition) is 6. The van der Waals surface area contributed by atoms with Crippen LogP contribution in [-0.4, -0.2) is 30.8 Å². The summed E-state index contributed by atoms with van der Waals surface area (Å²) in [5.74, 6) is 1.90. The van der Waals surface area contributed by atoms with Gasteiger partial charge in [0.15, 0.2) is 0 Å². The monoisotopic (exact) mass is 378 g/mol. The van der Waals surface area contributed by atoms with E-state index < -0.39 is 6.04 Å². The second-order valence-electron chi connectivity index (χ2n) is 7.74. The summed E-state index contributed by atoms with van der Waals surface area (Å²) in [6.07, 6.45) is 8.24. The number of pyridine rings is 1. The predicted octanol–water partition coefficient (Wildman–Crippen LogP) is 3.11. The molecule has 1 amide bonds. The first-order chi connectivity index (χ1) is 13.7. The van der Waals surface area contributed by atoms with Gasteiger partial charge in [0.25, 0.3) is 5.91 Å². The molecular formula is C20H22N6O2. The number of carbonyl (C=O) groups excluding carboxylic acids is 1. The standard InChI is InChI=1S/C20H22N6O2/c1-12(23-19(27)17-7-9-22-26(17)11-13-2-3-13)20-24-18(25-28-20)15-6-8-21-16(10-15)14-4-5-14/h6-10,12-14H,2-5,11H2,1H3,(H,23,27). The van der Waals surface area contributed by atoms with Crippen molar-refractivity contribution in [1.29, 1.82) is 0 Å². The van der Waals surface area contributed by atoms with E-state index in [9.17, 15) is 4.79 Å². The number of nitrogens with one attached hydrogen (secondary N) is 1. The first kappa shape index (κ1) is 17.1. The zero-order valence-corrected chi connectivity index (χ0v) is 15.7. The molecule has 0 saturated heterocycles. The third-order valence-electron chi connectivity index (χ3n) is 5.27. The Morgan fingerprint density at radius 2 is 2.14 bits per heavy atom. The molecule has 3 aromatic heterocycles. The molecule has 0 radical (unpaired) electrons. The van der Waals surface area contributed by atoms with Gasteiger partial charge in [-0.1, -0.05) is 5.16 Å². The number of nitrogens with zero attached hydrogens (tertiary/aromatic N) is 5. The van der Waals surface area contributed by atoms with Crippen LogP contribution in [0, 0.1) is 5.92 Å². The largest absolute Gasteiger partial charge is 0.339 e. The van der Waals surface area contributed by atoms with Crippen molar-refractivity contribution in [2.24, 2.45) is 5.92 Å². The number of aromatic nitrogens is 5. The van der Waals surface area contributed by atoms with Gasteiger partial charge in [0.1, 0.15) is 11.7 Å². The molecule has 0 aliphatic heterocycles. The van der Waals surface area contributed by atoms with Crippen molar-refractivity contribution in [1.82, 2.24) is 30.2 Å². The van der Waals surface area contributed by atoms with Crippen LogP contribution >= 0.6 is 0 Å². The molecule has 1 unspecified atom stereocenters. The summed E-state index contributed by atoms with van der Waals surface area (Å²) in [5, 5.41) is 11.3. The topological polar surface area (TPSA) is 98.7 Å². The normalized spacial score (nSPS) is 17.5. The van der Waals surface area contributed by atoms with E-state index in [2.05, 4.69) is 25.5 Å². The van der Waals surface area contributed by atoms with Gasteiger partial charge in [-0.3, -0.25) is 14.5 Å². The second-order valence-corrected chi connectivity index (χ2v) is 7.74. The van der Waals surface area contributed by atoms with E-state index in [-0.39, 0.29) is 5.91 Å². The van der Waals surface area contributed by atoms with Crippen LogP contribution in [0.1, 0.15) is 66.6 Å². The molecule has 1 atom stereocenters. The smallest absolute Gasteiger partial charge is 0.270 e. The Morgan fingerprint density at radius 3 is 2.93 bits per heavy atom. The van der Waals surface area contributed by atoms with E-state index in [0.717, 1.165) is 17.8 Å². The molecule has 2 saturated carbocycles. The van der Waals surface area contributed by atoms with E-state index in [1.165, 1.54) is 25.7 Å². The zero-order valence-electron chi connectivity index (χ0n) is 15.7. The molecule has 2 aliphatic carbocycles. The predicted molar refractivity (Wildman–Crippen MR) is 100 cm³/mol. The summed E-state index contributed by atoms with van der Waals surface area (Å²) in [6.45, 7) is 2.62. The third kappa shape index (κ3) is 3.54. The fourth-order valence-electron chi connectivity index (χ4n) is 3.27. The Bertz CT molecular complexity index is 1000. The Labute approximate surface area is 162 Å². The van der Waals surface area contributed by atoms with Gasteiger partial charge in [-0.2, -0.15) is 10.1 Å². The number of carbonyl (C=O) groups is 1. The zero-order chi connectivity index (χ0) is 19.1. The highest BCUT2D eigenvalue weighted by Gasteiger charge is 2.27. The van der Waals surface area contributed by atoms with Gasteiger partial charge in [0.05, 0.1) is 0 Å². The van der Waals surface area contributed by atoms with Crippen LogP contribution in [0.15, 0.2) is 35.1 Å². The van der Waals surface area contributed by atoms with E-state index >= 15 is 0 Å². The fraction of sp³-hybridized carbons (Fsp3) is 0.450. The number of hydrogen-bond donors (Lipinski definition) is 1. The minimum absolute atomic E-state index is 0.190. The van der Waals surface area contributed by atoms with Crippen molar-refractivity contribution in [2.75, 3.05) is 0 Å². The van der Waals surface area contributed by atoms with Gasteiger partial charge in [-0.25, -0.2) is 0 Å². The van der Waals surface area contributed by atoms with Gasteiger partial charge in [-0.05, 0) is 56.7 Å². The fourth-order valence-corrected chi connectivity index (χ4v) is 3.27. The van der Waals surface area contributed by atoms with Gasteiger partial charge in [-0.15, -0.1) is 0 Å². The summed E-state index contributed by atoms with van der Waals surface area (Å²) in [6, 6.07) is 5.23. The molecule has 5 rings (SSSR count). The van der Waals surface area contributed by atoms with Crippen molar-refractivity contribution in [3.05, 3.63) is 47.9 Å². The van der Waals surface area contributed by atoms with Crippen LogP contribution in [-0.2, 0) is 6.54 Å². The van der Waals surface area contributed by atoms with E-state index in [0.29, 0.717) is 29.2 Å². The molecule has 8 heteroatoms. The van der Waals surface area contributed by atoms with Gasteiger partial charge >= 0.3 is 0 Å². The Kier molecular flexibility index (Phi) is 4.18. The molecule has 0 aromatic carbocycles. The second kappa shape index (κ2) is 6.85. The van der Waals surface area contributed by atoms with Crippen LogP contribution in [0.25, 0.3) is 11.4 Å². The Hall–Kier alpha value is -3.03. The molecule has 1 N–H and O–H groups in total. The van der Waals surface area contributed by atoms with Crippen LogP contribution in [0.3, 0.4) is 0 Å². The van der Waals surface area contributed by atoms with E-state index in [1.54, 1.807) is 23.1 Å². The van der Waals surface area contributed by atoms with Crippen molar-refractivity contribution in [3.8, 4) is 11.4 Å². The van der Waals surface area contributed by atoms with Crippen molar-refractivity contribution in [3.63, 3.8) is 0 Å². The SMILES string of the molecule is CC(NC(=O)c1ccnn1CC1CC1)c1nc(-c2ccnc(C3CC3)c2)no1. The first-order valence-electron chi connectivity index (χ1n) is 9.80. The molecule has 0 bridgehead atoms. The lowest BCUT2D eigenvalue weighted by molar-refractivity contribution is 0.0921. The highest BCUT2D eigenvalue weighted by molar-refractivity contribution is 5.92. The Morgan fingerprint density at radius 1 is 1.29 bits per heavy atom. The molecular weight excluding hydrogens is 356 g/mol. The molecule has 3 aromatic rings. The maximum atomic E-state index is 12.6. The highest BCUT2D eigenvalue weighted by Crippen LogP contribution is 2.39. The Balaban J connectivity index is 1.28. The van der Waals surface area contributed by atoms with E-state index in [1.807, 2.05) is 19.1 Å².